The first-order valence-corrected chi connectivity index (χ1v) is 8.09. The van der Waals surface area contributed by atoms with Crippen LogP contribution < -0.4 is 4.74 Å². The largest absolute Gasteiger partial charge is 0.573 e. The lowest BCUT2D eigenvalue weighted by atomic mass is 10.1. The summed E-state index contributed by atoms with van der Waals surface area (Å²) in [6, 6.07) is 4.98. The lowest BCUT2D eigenvalue weighted by molar-refractivity contribution is -0.274. The first kappa shape index (κ1) is 18.2. The number of alkyl halides is 3. The second-order valence-corrected chi connectivity index (χ2v) is 6.05. The number of carbonyl (C=O) groups is 1. The number of aromatic nitrogens is 1. The van der Waals surface area contributed by atoms with Gasteiger partial charge in [0.15, 0.2) is 0 Å². The van der Waals surface area contributed by atoms with E-state index in [-0.39, 0.29) is 11.7 Å². The fourth-order valence-corrected chi connectivity index (χ4v) is 2.80. The summed E-state index contributed by atoms with van der Waals surface area (Å²) in [5.41, 5.74) is 1.35. The van der Waals surface area contributed by atoms with Crippen molar-refractivity contribution in [3.8, 4) is 5.75 Å². The molecule has 1 aromatic heterocycles. The number of benzene rings is 1. The molecule has 0 spiro atoms. The number of aryl methyl sites for hydroxylation is 1. The van der Waals surface area contributed by atoms with E-state index in [1.807, 2.05) is 6.92 Å². The molecule has 0 saturated carbocycles. The van der Waals surface area contributed by atoms with Crippen LogP contribution in [0.5, 0.6) is 5.75 Å². The second-order valence-electron chi connectivity index (χ2n) is 6.05. The van der Waals surface area contributed by atoms with Gasteiger partial charge in [-0.1, -0.05) is 5.16 Å². The standard InChI is InChI=1S/C17H18F3N3O3/c1-12-14(10-21-26-12)11-22-6-8-23(9-7-22)16(24)13-2-4-15(5-3-13)25-17(18,19)20/h2-5,10H,6-9,11H2,1H3. The van der Waals surface area contributed by atoms with Crippen molar-refractivity contribution in [2.24, 2.45) is 0 Å². The summed E-state index contributed by atoms with van der Waals surface area (Å²) in [7, 11) is 0. The van der Waals surface area contributed by atoms with E-state index in [9.17, 15) is 18.0 Å². The van der Waals surface area contributed by atoms with Crippen molar-refractivity contribution in [3.05, 3.63) is 47.3 Å². The number of nitrogens with zero attached hydrogens (tertiary/aromatic N) is 3. The molecular formula is C17H18F3N3O3. The van der Waals surface area contributed by atoms with Gasteiger partial charge in [-0.3, -0.25) is 9.69 Å². The number of halogens is 3. The summed E-state index contributed by atoms with van der Waals surface area (Å²) >= 11 is 0. The molecule has 1 amide bonds. The Morgan fingerprint density at radius 2 is 1.85 bits per heavy atom. The molecule has 2 heterocycles. The fraction of sp³-hybridized carbons (Fsp3) is 0.412. The number of carbonyl (C=O) groups excluding carboxylic acids is 1. The molecule has 6 nitrogen and oxygen atoms in total. The van der Waals surface area contributed by atoms with Crippen LogP contribution in [0.3, 0.4) is 0 Å². The average Bonchev–Trinajstić information content (AvgIpc) is 2.99. The van der Waals surface area contributed by atoms with Crippen LogP contribution in [0.2, 0.25) is 0 Å². The van der Waals surface area contributed by atoms with Gasteiger partial charge in [0, 0.05) is 43.9 Å². The number of hydrogen-bond acceptors (Lipinski definition) is 5. The zero-order valence-corrected chi connectivity index (χ0v) is 14.1. The highest BCUT2D eigenvalue weighted by atomic mass is 19.4. The summed E-state index contributed by atoms with van der Waals surface area (Å²) in [5.74, 6) is 0.233. The van der Waals surface area contributed by atoms with Crippen molar-refractivity contribution >= 4 is 5.91 Å². The van der Waals surface area contributed by atoms with E-state index >= 15 is 0 Å². The Morgan fingerprint density at radius 3 is 2.38 bits per heavy atom. The molecule has 1 saturated heterocycles. The predicted octanol–water partition coefficient (Wildman–Crippen LogP) is 2.84. The van der Waals surface area contributed by atoms with Gasteiger partial charge in [-0.2, -0.15) is 0 Å². The van der Waals surface area contributed by atoms with Crippen LogP contribution in [0.25, 0.3) is 0 Å². The zero-order chi connectivity index (χ0) is 18.7. The molecule has 0 radical (unpaired) electrons. The molecule has 26 heavy (non-hydrogen) atoms. The van der Waals surface area contributed by atoms with Gasteiger partial charge in [-0.25, -0.2) is 0 Å². The third kappa shape index (κ3) is 4.54. The lowest BCUT2D eigenvalue weighted by Gasteiger charge is -2.34. The predicted molar refractivity (Wildman–Crippen MR) is 85.5 cm³/mol. The molecule has 1 aliphatic rings. The third-order valence-electron chi connectivity index (χ3n) is 4.24. The van der Waals surface area contributed by atoms with Crippen molar-refractivity contribution < 1.29 is 27.2 Å². The topological polar surface area (TPSA) is 58.8 Å². The molecule has 0 N–H and O–H groups in total. The van der Waals surface area contributed by atoms with Crippen molar-refractivity contribution in [2.75, 3.05) is 26.2 Å². The van der Waals surface area contributed by atoms with Gasteiger partial charge < -0.3 is 14.2 Å². The Bertz CT molecular complexity index is 751. The number of hydrogen-bond donors (Lipinski definition) is 0. The van der Waals surface area contributed by atoms with E-state index in [0.29, 0.717) is 38.3 Å². The number of rotatable bonds is 4. The summed E-state index contributed by atoms with van der Waals surface area (Å²) in [6.45, 7) is 5.06. The van der Waals surface area contributed by atoms with Crippen LogP contribution in [0, 0.1) is 6.92 Å². The molecule has 0 bridgehead atoms. The van der Waals surface area contributed by atoms with Crippen molar-refractivity contribution in [1.82, 2.24) is 15.0 Å². The SMILES string of the molecule is Cc1oncc1CN1CCN(C(=O)c2ccc(OC(F)(F)F)cc2)CC1. The second kappa shape index (κ2) is 7.36. The van der Waals surface area contributed by atoms with Crippen LogP contribution in [0.1, 0.15) is 21.7 Å². The Hall–Kier alpha value is -2.55. The van der Waals surface area contributed by atoms with Crippen LogP contribution in [0.15, 0.2) is 35.0 Å². The minimum atomic E-state index is -4.75. The summed E-state index contributed by atoms with van der Waals surface area (Å²) in [5, 5.41) is 3.75. The first-order chi connectivity index (χ1) is 12.3. The minimum absolute atomic E-state index is 0.204. The quantitative estimate of drug-likeness (QED) is 0.830. The zero-order valence-electron chi connectivity index (χ0n) is 14.1. The smallest absolute Gasteiger partial charge is 0.406 e. The molecule has 0 unspecified atom stereocenters. The van der Waals surface area contributed by atoms with E-state index in [0.717, 1.165) is 23.5 Å². The van der Waals surface area contributed by atoms with Gasteiger partial charge in [-0.05, 0) is 31.2 Å². The average molecular weight is 369 g/mol. The molecule has 0 aliphatic carbocycles. The van der Waals surface area contributed by atoms with Gasteiger partial charge in [0.2, 0.25) is 0 Å². The molecule has 3 rings (SSSR count). The highest BCUT2D eigenvalue weighted by molar-refractivity contribution is 5.94. The highest BCUT2D eigenvalue weighted by Crippen LogP contribution is 2.23. The molecule has 1 aromatic carbocycles. The van der Waals surface area contributed by atoms with E-state index in [1.165, 1.54) is 12.1 Å². The number of ether oxygens (including phenoxy) is 1. The van der Waals surface area contributed by atoms with E-state index < -0.39 is 6.36 Å². The summed E-state index contributed by atoms with van der Waals surface area (Å²) < 4.78 is 45.4. The van der Waals surface area contributed by atoms with E-state index in [1.54, 1.807) is 11.1 Å². The Labute approximate surface area is 148 Å². The third-order valence-corrected chi connectivity index (χ3v) is 4.24. The van der Waals surface area contributed by atoms with Crippen molar-refractivity contribution in [2.45, 2.75) is 19.8 Å². The van der Waals surface area contributed by atoms with Gasteiger partial charge in [0.05, 0.1) is 6.20 Å². The molecule has 1 fully saturated rings. The molecule has 1 aliphatic heterocycles. The van der Waals surface area contributed by atoms with Crippen molar-refractivity contribution in [1.29, 1.82) is 0 Å². The van der Waals surface area contributed by atoms with Gasteiger partial charge in [0.25, 0.3) is 5.91 Å². The fourth-order valence-electron chi connectivity index (χ4n) is 2.80. The molecule has 9 heteroatoms. The summed E-state index contributed by atoms with van der Waals surface area (Å²) in [4.78, 5) is 16.4. The van der Waals surface area contributed by atoms with Crippen molar-refractivity contribution in [3.63, 3.8) is 0 Å². The lowest BCUT2D eigenvalue weighted by Crippen LogP contribution is -2.48. The minimum Gasteiger partial charge on any atom is -0.406 e. The molecule has 0 atom stereocenters. The van der Waals surface area contributed by atoms with Crippen LogP contribution in [0.4, 0.5) is 13.2 Å². The van der Waals surface area contributed by atoms with Crippen LogP contribution >= 0.6 is 0 Å². The molecule has 140 valence electrons. The Balaban J connectivity index is 1.54. The maximum atomic E-state index is 12.5. The first-order valence-electron chi connectivity index (χ1n) is 8.09. The molecule has 2 aromatic rings. The maximum absolute atomic E-state index is 12.5. The Morgan fingerprint density at radius 1 is 1.19 bits per heavy atom. The van der Waals surface area contributed by atoms with E-state index in [4.69, 9.17) is 4.52 Å². The number of piperazine rings is 1. The van der Waals surface area contributed by atoms with Crippen LogP contribution in [-0.2, 0) is 6.54 Å². The maximum Gasteiger partial charge on any atom is 0.573 e. The van der Waals surface area contributed by atoms with Crippen LogP contribution in [-0.4, -0.2) is 53.4 Å². The number of amides is 1. The Kier molecular flexibility index (Phi) is 5.17. The monoisotopic (exact) mass is 369 g/mol. The molecular weight excluding hydrogens is 351 g/mol. The van der Waals surface area contributed by atoms with E-state index in [2.05, 4.69) is 14.8 Å². The summed E-state index contributed by atoms with van der Waals surface area (Å²) in [6.07, 6.45) is -3.05. The highest BCUT2D eigenvalue weighted by Gasteiger charge is 2.31. The van der Waals surface area contributed by atoms with Gasteiger partial charge in [0.1, 0.15) is 11.5 Å². The van der Waals surface area contributed by atoms with Gasteiger partial charge >= 0.3 is 6.36 Å². The van der Waals surface area contributed by atoms with Gasteiger partial charge in [-0.15, -0.1) is 13.2 Å². The normalized spacial score (nSPS) is 15.9.